The molecule has 1 saturated heterocycles. The highest BCUT2D eigenvalue weighted by Gasteiger charge is 2.28. The first kappa shape index (κ1) is 20.1. The van der Waals surface area contributed by atoms with Crippen LogP contribution in [0.3, 0.4) is 0 Å². The fourth-order valence-corrected chi connectivity index (χ4v) is 4.04. The van der Waals surface area contributed by atoms with E-state index in [9.17, 15) is 14.4 Å². The second-order valence-corrected chi connectivity index (χ2v) is 7.92. The molecule has 9 nitrogen and oxygen atoms in total. The number of nitrogens with one attached hydrogen (secondary N) is 1. The van der Waals surface area contributed by atoms with Crippen molar-refractivity contribution in [1.82, 2.24) is 29.0 Å². The third-order valence-corrected chi connectivity index (χ3v) is 5.79. The SMILES string of the molecule is Cc1ncc2c(=O)[nH]c(CCCC(=O)N3CCC(C(=O)c4ccn(C)n4)CC3)cn12. The first-order valence-electron chi connectivity index (χ1n) is 10.3. The highest BCUT2D eigenvalue weighted by molar-refractivity contribution is 5.96. The van der Waals surface area contributed by atoms with Crippen molar-refractivity contribution in [3.63, 3.8) is 0 Å². The molecule has 4 rings (SSSR count). The molecule has 9 heteroatoms. The fraction of sp³-hybridized carbons (Fsp3) is 0.476. The lowest BCUT2D eigenvalue weighted by molar-refractivity contribution is -0.132. The number of aromatic amines is 1. The molecular weight excluding hydrogens is 384 g/mol. The predicted octanol–water partition coefficient (Wildman–Crippen LogP) is 1.51. The average Bonchev–Trinajstić information content (AvgIpc) is 3.34. The van der Waals surface area contributed by atoms with Crippen molar-refractivity contribution in [3.05, 3.63) is 52.2 Å². The molecule has 3 aromatic heterocycles. The number of aryl methyl sites for hydroxylation is 3. The number of aromatic nitrogens is 5. The molecular formula is C21H26N6O3. The van der Waals surface area contributed by atoms with Gasteiger partial charge in [0.15, 0.2) is 5.78 Å². The number of rotatable bonds is 6. The van der Waals surface area contributed by atoms with Gasteiger partial charge in [0, 0.05) is 50.6 Å². The molecule has 1 aliphatic rings. The number of carbonyl (C=O) groups is 2. The van der Waals surface area contributed by atoms with Gasteiger partial charge >= 0.3 is 0 Å². The molecule has 0 saturated carbocycles. The lowest BCUT2D eigenvalue weighted by Crippen LogP contribution is -2.40. The summed E-state index contributed by atoms with van der Waals surface area (Å²) >= 11 is 0. The standard InChI is InChI=1S/C21H26N6O3/c1-14-22-12-18-21(30)23-16(13-27(14)18)4-3-5-19(28)26-10-6-15(7-11-26)20(29)17-8-9-25(2)24-17/h8-9,12-13,15H,3-7,10-11H2,1-2H3,(H,23,30). The number of nitrogens with zero attached hydrogens (tertiary/aromatic N) is 5. The predicted molar refractivity (Wildman–Crippen MR) is 110 cm³/mol. The van der Waals surface area contributed by atoms with E-state index < -0.39 is 0 Å². The third-order valence-electron chi connectivity index (χ3n) is 5.79. The summed E-state index contributed by atoms with van der Waals surface area (Å²) in [5.74, 6) is 0.855. The molecule has 1 amide bonds. The zero-order valence-corrected chi connectivity index (χ0v) is 17.3. The number of carbonyl (C=O) groups excluding carboxylic acids is 2. The second kappa shape index (κ2) is 8.25. The molecule has 0 aliphatic carbocycles. The number of Topliss-reactive ketones (excluding diaryl/α,β-unsaturated/α-hetero) is 1. The van der Waals surface area contributed by atoms with E-state index in [-0.39, 0.29) is 23.2 Å². The normalized spacial score (nSPS) is 15.1. The van der Waals surface area contributed by atoms with Crippen molar-refractivity contribution in [3.8, 4) is 0 Å². The number of H-pyrrole nitrogens is 1. The van der Waals surface area contributed by atoms with Crippen LogP contribution in [0.25, 0.3) is 5.52 Å². The van der Waals surface area contributed by atoms with Crippen molar-refractivity contribution < 1.29 is 9.59 Å². The zero-order chi connectivity index (χ0) is 21.3. The van der Waals surface area contributed by atoms with Crippen molar-refractivity contribution in [2.75, 3.05) is 13.1 Å². The first-order chi connectivity index (χ1) is 14.4. The number of amides is 1. The Labute approximate surface area is 173 Å². The van der Waals surface area contributed by atoms with Gasteiger partial charge in [0.05, 0.1) is 6.20 Å². The van der Waals surface area contributed by atoms with Crippen molar-refractivity contribution in [2.24, 2.45) is 13.0 Å². The van der Waals surface area contributed by atoms with Crippen LogP contribution in [-0.4, -0.2) is 53.8 Å². The van der Waals surface area contributed by atoms with E-state index >= 15 is 0 Å². The van der Waals surface area contributed by atoms with Crippen LogP contribution in [0.15, 0.2) is 29.5 Å². The van der Waals surface area contributed by atoms with Crippen molar-refractivity contribution in [1.29, 1.82) is 0 Å². The minimum absolute atomic E-state index is 0.0665. The molecule has 1 aliphatic heterocycles. The Kier molecular flexibility index (Phi) is 5.52. The molecule has 1 fully saturated rings. The Morgan fingerprint density at radius 3 is 2.73 bits per heavy atom. The maximum Gasteiger partial charge on any atom is 0.274 e. The molecule has 4 heterocycles. The van der Waals surface area contributed by atoms with E-state index in [1.807, 2.05) is 18.0 Å². The largest absolute Gasteiger partial charge is 0.343 e. The molecule has 30 heavy (non-hydrogen) atoms. The van der Waals surface area contributed by atoms with Gasteiger partial charge in [0.25, 0.3) is 5.56 Å². The number of hydrogen-bond acceptors (Lipinski definition) is 5. The average molecular weight is 410 g/mol. The first-order valence-corrected chi connectivity index (χ1v) is 10.3. The Morgan fingerprint density at radius 2 is 2.03 bits per heavy atom. The number of ketones is 1. The Balaban J connectivity index is 1.27. The van der Waals surface area contributed by atoms with Gasteiger partial charge < -0.3 is 9.88 Å². The summed E-state index contributed by atoms with van der Waals surface area (Å²) in [6.45, 7) is 3.04. The highest BCUT2D eigenvalue weighted by atomic mass is 16.2. The van der Waals surface area contributed by atoms with E-state index in [0.717, 1.165) is 11.5 Å². The molecule has 0 atom stereocenters. The maximum atomic E-state index is 12.6. The number of fused-ring (bicyclic) bond motifs is 1. The zero-order valence-electron chi connectivity index (χ0n) is 17.3. The van der Waals surface area contributed by atoms with Gasteiger partial charge in [-0.15, -0.1) is 0 Å². The van der Waals surface area contributed by atoms with E-state index in [1.54, 1.807) is 34.6 Å². The molecule has 0 radical (unpaired) electrons. The van der Waals surface area contributed by atoms with Gasteiger partial charge in [-0.25, -0.2) is 4.98 Å². The molecule has 0 bridgehead atoms. The third kappa shape index (κ3) is 4.05. The summed E-state index contributed by atoms with van der Waals surface area (Å²) < 4.78 is 3.41. The van der Waals surface area contributed by atoms with Crippen LogP contribution in [0.1, 0.15) is 47.7 Å². The lowest BCUT2D eigenvalue weighted by Gasteiger charge is -2.31. The van der Waals surface area contributed by atoms with Crippen molar-refractivity contribution in [2.45, 2.75) is 39.0 Å². The minimum atomic E-state index is -0.168. The lowest BCUT2D eigenvalue weighted by atomic mass is 9.91. The fourth-order valence-electron chi connectivity index (χ4n) is 4.04. The van der Waals surface area contributed by atoms with Gasteiger partial charge in [0.1, 0.15) is 17.0 Å². The molecule has 3 aromatic rings. The summed E-state index contributed by atoms with van der Waals surface area (Å²) in [7, 11) is 1.79. The van der Waals surface area contributed by atoms with Crippen LogP contribution in [0, 0.1) is 12.8 Å². The summed E-state index contributed by atoms with van der Waals surface area (Å²) in [6.07, 6.45) is 8.23. The van der Waals surface area contributed by atoms with Crippen molar-refractivity contribution >= 4 is 17.2 Å². The van der Waals surface area contributed by atoms with Gasteiger partial charge in [-0.3, -0.25) is 23.5 Å². The van der Waals surface area contributed by atoms with Crippen LogP contribution < -0.4 is 5.56 Å². The van der Waals surface area contributed by atoms with E-state index in [1.165, 1.54) is 0 Å². The Bertz CT molecular complexity index is 1130. The number of hydrogen-bond donors (Lipinski definition) is 1. The Hall–Kier alpha value is -3.23. The molecule has 0 spiro atoms. The number of likely N-dealkylation sites (tertiary alicyclic amines) is 1. The summed E-state index contributed by atoms with van der Waals surface area (Å²) in [6, 6.07) is 1.74. The van der Waals surface area contributed by atoms with Crippen LogP contribution in [-0.2, 0) is 18.3 Å². The van der Waals surface area contributed by atoms with Gasteiger partial charge in [-0.1, -0.05) is 0 Å². The van der Waals surface area contributed by atoms with Crippen LogP contribution in [0.2, 0.25) is 0 Å². The van der Waals surface area contributed by atoms with E-state index in [0.29, 0.717) is 56.4 Å². The number of piperidine rings is 1. The maximum absolute atomic E-state index is 12.6. The quantitative estimate of drug-likeness (QED) is 0.620. The van der Waals surface area contributed by atoms with E-state index in [2.05, 4.69) is 15.1 Å². The second-order valence-electron chi connectivity index (χ2n) is 7.92. The molecule has 158 valence electrons. The van der Waals surface area contributed by atoms with Crippen LogP contribution in [0.4, 0.5) is 0 Å². The van der Waals surface area contributed by atoms with Gasteiger partial charge in [0.2, 0.25) is 5.91 Å². The molecule has 0 aromatic carbocycles. The smallest absolute Gasteiger partial charge is 0.274 e. The highest BCUT2D eigenvalue weighted by Crippen LogP contribution is 2.22. The summed E-state index contributed by atoms with van der Waals surface area (Å²) in [5, 5.41) is 4.19. The Morgan fingerprint density at radius 1 is 1.27 bits per heavy atom. The summed E-state index contributed by atoms with van der Waals surface area (Å²) in [4.78, 5) is 46.1. The number of imidazole rings is 1. The van der Waals surface area contributed by atoms with Crippen LogP contribution in [0.5, 0.6) is 0 Å². The molecule has 1 N–H and O–H groups in total. The monoisotopic (exact) mass is 410 g/mol. The van der Waals surface area contributed by atoms with E-state index in [4.69, 9.17) is 0 Å². The minimum Gasteiger partial charge on any atom is -0.343 e. The van der Waals surface area contributed by atoms with Gasteiger partial charge in [-0.05, 0) is 38.7 Å². The molecule has 0 unspecified atom stereocenters. The van der Waals surface area contributed by atoms with Gasteiger partial charge in [-0.2, -0.15) is 5.10 Å². The topological polar surface area (TPSA) is 105 Å². The summed E-state index contributed by atoms with van der Waals surface area (Å²) in [5.41, 5.74) is 1.65. The van der Waals surface area contributed by atoms with Crippen LogP contribution >= 0.6 is 0 Å².